The van der Waals surface area contributed by atoms with Gasteiger partial charge in [-0.3, -0.25) is 4.98 Å². The summed E-state index contributed by atoms with van der Waals surface area (Å²) >= 11 is 0. The van der Waals surface area contributed by atoms with Crippen molar-refractivity contribution >= 4 is 27.8 Å². The van der Waals surface area contributed by atoms with Crippen molar-refractivity contribution in [1.82, 2.24) is 9.97 Å². The molecular weight excluding hydrogens is 243 g/mol. The van der Waals surface area contributed by atoms with Gasteiger partial charge in [0.25, 0.3) is 0 Å². The molecule has 0 fully saturated rings. The number of carboxylic acid groups (broad SMARTS) is 1. The number of fused-ring (bicyclic) bond motifs is 3. The summed E-state index contributed by atoms with van der Waals surface area (Å²) in [5.41, 5.74) is 1.75. The molecule has 0 aliphatic rings. The summed E-state index contributed by atoms with van der Waals surface area (Å²) in [6.07, 6.45) is 1.51. The van der Waals surface area contributed by atoms with Gasteiger partial charge in [-0.2, -0.15) is 0 Å². The summed E-state index contributed by atoms with van der Waals surface area (Å²) in [6.45, 7) is 0. The Balaban J connectivity index is 0.00000108. The minimum Gasteiger partial charge on any atom is -0.543 e. The molecule has 5 heteroatoms. The second kappa shape index (κ2) is 4.87. The van der Waals surface area contributed by atoms with Gasteiger partial charge >= 0.3 is 51.4 Å². The molecule has 3 rings (SSSR count). The van der Waals surface area contributed by atoms with Crippen molar-refractivity contribution in [2.75, 3.05) is 0 Å². The normalized spacial score (nSPS) is 10.4. The molecule has 78 valence electrons. The van der Waals surface area contributed by atoms with Crippen LogP contribution >= 0.6 is 0 Å². The largest absolute Gasteiger partial charge is 1.00 e. The van der Waals surface area contributed by atoms with E-state index in [4.69, 9.17) is 0 Å². The maximum atomic E-state index is 10.7. The number of H-pyrrole nitrogens is 1. The summed E-state index contributed by atoms with van der Waals surface area (Å²) in [7, 11) is 0. The summed E-state index contributed by atoms with van der Waals surface area (Å²) in [4.78, 5) is 17.7. The number of hydrogen-bond donors (Lipinski definition) is 1. The van der Waals surface area contributed by atoms with E-state index in [0.717, 1.165) is 21.8 Å². The number of rotatable bonds is 1. The van der Waals surface area contributed by atoms with Gasteiger partial charge < -0.3 is 14.9 Å². The van der Waals surface area contributed by atoms with Gasteiger partial charge in [0.05, 0.1) is 23.4 Å². The zero-order chi connectivity index (χ0) is 11.1. The Morgan fingerprint density at radius 1 is 1.18 bits per heavy atom. The third kappa shape index (κ3) is 2.16. The van der Waals surface area contributed by atoms with Crippen molar-refractivity contribution in [3.8, 4) is 0 Å². The van der Waals surface area contributed by atoms with Gasteiger partial charge in [-0.25, -0.2) is 0 Å². The Labute approximate surface area is 139 Å². The van der Waals surface area contributed by atoms with Crippen LogP contribution in [0.3, 0.4) is 0 Å². The fraction of sp³-hybridized carbons (Fsp3) is 0. The zero-order valence-electron chi connectivity index (χ0n) is 9.23. The predicted octanol–water partition coefficient (Wildman–Crippen LogP) is -1.92. The van der Waals surface area contributed by atoms with Crippen LogP contribution in [0.15, 0.2) is 36.5 Å². The number of benzene rings is 1. The first-order valence-electron chi connectivity index (χ1n) is 4.83. The topological polar surface area (TPSA) is 68.8 Å². The second-order valence-electron chi connectivity index (χ2n) is 3.57. The van der Waals surface area contributed by atoms with E-state index in [1.165, 1.54) is 12.3 Å². The minimum absolute atomic E-state index is 0. The summed E-state index contributed by atoms with van der Waals surface area (Å²) < 4.78 is 0. The number of nitrogens with one attached hydrogen (secondary N) is 1. The monoisotopic (exact) mass is 250 g/mol. The van der Waals surface area contributed by atoms with Crippen molar-refractivity contribution in [3.63, 3.8) is 0 Å². The zero-order valence-corrected chi connectivity index (χ0v) is 12.4. The van der Waals surface area contributed by atoms with E-state index in [0.29, 0.717) is 0 Å². The van der Waals surface area contributed by atoms with Crippen molar-refractivity contribution in [2.45, 2.75) is 0 Å². The molecule has 0 amide bonds. The number of nitrogens with zero attached hydrogens (tertiary/aromatic N) is 1. The Morgan fingerprint density at radius 3 is 2.71 bits per heavy atom. The average molecular weight is 250 g/mol. The van der Waals surface area contributed by atoms with Gasteiger partial charge in [-0.15, -0.1) is 0 Å². The molecule has 0 unspecified atom stereocenters. The molecule has 1 aromatic carbocycles. The fourth-order valence-electron chi connectivity index (χ4n) is 1.86. The number of carbonyl (C=O) groups excluding carboxylic acids is 1. The van der Waals surface area contributed by atoms with Crippen LogP contribution < -0.4 is 56.5 Å². The Bertz CT molecular complexity index is 706. The number of carbonyl (C=O) groups is 1. The summed E-state index contributed by atoms with van der Waals surface area (Å²) in [5, 5.41) is 12.6. The molecule has 4 nitrogen and oxygen atoms in total. The molecule has 0 atom stereocenters. The van der Waals surface area contributed by atoms with Crippen molar-refractivity contribution < 1.29 is 61.3 Å². The third-order valence-corrected chi connectivity index (χ3v) is 2.60. The number of carboxylic acids is 1. The van der Waals surface area contributed by atoms with Crippen LogP contribution in [0.2, 0.25) is 0 Å². The number of aromatic carboxylic acids is 1. The molecule has 1 N–H and O–H groups in total. The summed E-state index contributed by atoms with van der Waals surface area (Å²) in [6, 6.07) is 9.24. The van der Waals surface area contributed by atoms with Gasteiger partial charge in [0.2, 0.25) is 0 Å². The maximum Gasteiger partial charge on any atom is 1.00 e. The molecule has 0 spiro atoms. The Hall–Kier alpha value is -0.724. The number of pyridine rings is 1. The van der Waals surface area contributed by atoms with E-state index < -0.39 is 5.97 Å². The first kappa shape index (κ1) is 12.7. The predicted molar refractivity (Wildman–Crippen MR) is 57.9 cm³/mol. The summed E-state index contributed by atoms with van der Waals surface area (Å²) in [5.74, 6) is -1.26. The average Bonchev–Trinajstić information content (AvgIpc) is 2.66. The van der Waals surface area contributed by atoms with Crippen LogP contribution in [0.5, 0.6) is 0 Å². The molecule has 0 aliphatic carbocycles. The molecule has 2 heterocycles. The minimum atomic E-state index is -1.26. The fourth-order valence-corrected chi connectivity index (χ4v) is 1.86. The van der Waals surface area contributed by atoms with Crippen LogP contribution in [0.1, 0.15) is 10.5 Å². The van der Waals surface area contributed by atoms with E-state index in [-0.39, 0.29) is 57.1 Å². The molecule has 0 saturated heterocycles. The molecule has 0 aliphatic heterocycles. The van der Waals surface area contributed by atoms with Crippen LogP contribution in [-0.2, 0) is 0 Å². The van der Waals surface area contributed by atoms with Crippen LogP contribution in [0.25, 0.3) is 21.8 Å². The van der Waals surface area contributed by atoms with Crippen LogP contribution in [-0.4, -0.2) is 15.9 Å². The van der Waals surface area contributed by atoms with Gasteiger partial charge in [0.15, 0.2) is 0 Å². The van der Waals surface area contributed by atoms with Crippen LogP contribution in [0.4, 0.5) is 0 Å². The quantitative estimate of drug-likeness (QED) is 0.512. The number of aromatic amines is 1. The molecule has 0 radical (unpaired) electrons. The number of hydrogen-bond acceptors (Lipinski definition) is 3. The van der Waals surface area contributed by atoms with Crippen molar-refractivity contribution in [1.29, 1.82) is 0 Å². The van der Waals surface area contributed by atoms with Crippen LogP contribution in [0, 0.1) is 0 Å². The maximum absolute atomic E-state index is 10.7. The van der Waals surface area contributed by atoms with E-state index >= 15 is 0 Å². The standard InChI is InChI=1S/C12H8N2O2.K/c15-12(16)10-5-8-7-3-1-2-4-9(7)14-11(8)6-13-10;/h1-6,14H,(H,15,16);/q;+1/p-1. The van der Waals surface area contributed by atoms with E-state index in [1.807, 2.05) is 24.3 Å². The van der Waals surface area contributed by atoms with Crippen molar-refractivity contribution in [3.05, 3.63) is 42.2 Å². The first-order chi connectivity index (χ1) is 7.75. The molecule has 0 bridgehead atoms. The Morgan fingerprint density at radius 2 is 1.94 bits per heavy atom. The molecule has 17 heavy (non-hydrogen) atoms. The first-order valence-corrected chi connectivity index (χ1v) is 4.83. The smallest absolute Gasteiger partial charge is 0.543 e. The molecular formula is C12H7KN2O2. The van der Waals surface area contributed by atoms with E-state index in [1.54, 1.807) is 0 Å². The van der Waals surface area contributed by atoms with Crippen molar-refractivity contribution in [2.24, 2.45) is 0 Å². The second-order valence-corrected chi connectivity index (χ2v) is 3.57. The van der Waals surface area contributed by atoms with Gasteiger partial charge in [-0.1, -0.05) is 18.2 Å². The molecule has 2 aromatic heterocycles. The molecule has 0 saturated carbocycles. The SMILES string of the molecule is O=C([O-])c1cc2c(cn1)[nH]c1ccccc12.[K+]. The third-order valence-electron chi connectivity index (χ3n) is 2.60. The molecule has 3 aromatic rings. The van der Waals surface area contributed by atoms with Gasteiger partial charge in [0.1, 0.15) is 0 Å². The van der Waals surface area contributed by atoms with E-state index in [9.17, 15) is 9.90 Å². The van der Waals surface area contributed by atoms with E-state index in [2.05, 4.69) is 9.97 Å². The Kier molecular flexibility index (Phi) is 3.65. The number of para-hydroxylation sites is 1. The van der Waals surface area contributed by atoms with Gasteiger partial charge in [-0.05, 0) is 12.1 Å². The number of aromatic nitrogens is 2. The van der Waals surface area contributed by atoms with Gasteiger partial charge in [0, 0.05) is 16.3 Å².